The SMILES string of the molecule is COc1ccc2[nH]c(C(=O)NCCCCN3CCc4ccc(OC(F)(F)F)cc4C3)cc2c1. The van der Waals surface area contributed by atoms with Crippen LogP contribution in [0.2, 0.25) is 0 Å². The van der Waals surface area contributed by atoms with Gasteiger partial charge in [0.1, 0.15) is 17.2 Å². The Hall–Kier alpha value is -3.20. The van der Waals surface area contributed by atoms with Crippen molar-refractivity contribution in [3.05, 3.63) is 59.3 Å². The summed E-state index contributed by atoms with van der Waals surface area (Å²) < 4.78 is 46.7. The van der Waals surface area contributed by atoms with Gasteiger partial charge in [0.15, 0.2) is 0 Å². The highest BCUT2D eigenvalue weighted by molar-refractivity contribution is 5.98. The molecule has 0 spiro atoms. The summed E-state index contributed by atoms with van der Waals surface area (Å²) in [6.07, 6.45) is -2.21. The summed E-state index contributed by atoms with van der Waals surface area (Å²) in [5.74, 6) is 0.397. The number of hydrogen-bond donors (Lipinski definition) is 2. The van der Waals surface area contributed by atoms with Crippen LogP contribution in [0.5, 0.6) is 11.5 Å². The summed E-state index contributed by atoms with van der Waals surface area (Å²) in [4.78, 5) is 17.8. The van der Waals surface area contributed by atoms with E-state index in [0.717, 1.165) is 60.1 Å². The Balaban J connectivity index is 1.21. The smallest absolute Gasteiger partial charge is 0.497 e. The molecule has 176 valence electrons. The summed E-state index contributed by atoms with van der Waals surface area (Å²) in [6.45, 7) is 2.81. The molecule has 1 aliphatic heterocycles. The number of rotatable bonds is 8. The maximum Gasteiger partial charge on any atom is 0.573 e. The number of benzene rings is 2. The lowest BCUT2D eigenvalue weighted by molar-refractivity contribution is -0.274. The van der Waals surface area contributed by atoms with Crippen molar-refractivity contribution in [1.29, 1.82) is 0 Å². The number of fused-ring (bicyclic) bond motifs is 2. The van der Waals surface area contributed by atoms with Gasteiger partial charge in [-0.05, 0) is 73.3 Å². The molecule has 0 bridgehead atoms. The summed E-state index contributed by atoms with van der Waals surface area (Å²) >= 11 is 0. The van der Waals surface area contributed by atoms with Gasteiger partial charge in [0.25, 0.3) is 5.91 Å². The molecule has 2 N–H and O–H groups in total. The van der Waals surface area contributed by atoms with Gasteiger partial charge in [-0.1, -0.05) is 6.07 Å². The van der Waals surface area contributed by atoms with Crippen LogP contribution < -0.4 is 14.8 Å². The zero-order valence-electron chi connectivity index (χ0n) is 18.3. The lowest BCUT2D eigenvalue weighted by atomic mass is 9.99. The number of H-pyrrole nitrogens is 1. The van der Waals surface area contributed by atoms with Gasteiger partial charge in [-0.3, -0.25) is 9.69 Å². The Kier molecular flexibility index (Phi) is 6.78. The topological polar surface area (TPSA) is 66.6 Å². The van der Waals surface area contributed by atoms with Crippen LogP contribution >= 0.6 is 0 Å². The first-order valence-electron chi connectivity index (χ1n) is 10.9. The molecule has 9 heteroatoms. The van der Waals surface area contributed by atoms with Crippen molar-refractivity contribution in [2.45, 2.75) is 32.2 Å². The first-order valence-corrected chi connectivity index (χ1v) is 10.9. The van der Waals surface area contributed by atoms with Crippen LogP contribution in [0.4, 0.5) is 13.2 Å². The Bertz CT molecular complexity index is 1130. The number of ether oxygens (including phenoxy) is 2. The predicted octanol–water partition coefficient (Wildman–Crippen LogP) is 4.64. The van der Waals surface area contributed by atoms with E-state index < -0.39 is 6.36 Å². The fraction of sp³-hybridized carbons (Fsp3) is 0.375. The highest BCUT2D eigenvalue weighted by Gasteiger charge is 2.31. The van der Waals surface area contributed by atoms with Crippen molar-refractivity contribution in [1.82, 2.24) is 15.2 Å². The summed E-state index contributed by atoms with van der Waals surface area (Å²) in [6, 6.07) is 11.9. The molecule has 0 atom stereocenters. The minimum Gasteiger partial charge on any atom is -0.497 e. The van der Waals surface area contributed by atoms with Gasteiger partial charge in [0.2, 0.25) is 0 Å². The Labute approximate surface area is 189 Å². The van der Waals surface area contributed by atoms with E-state index in [-0.39, 0.29) is 11.7 Å². The molecule has 3 aromatic rings. The highest BCUT2D eigenvalue weighted by Crippen LogP contribution is 2.28. The number of aromatic amines is 1. The highest BCUT2D eigenvalue weighted by atomic mass is 19.4. The number of halogens is 3. The quantitative estimate of drug-likeness (QED) is 0.480. The number of hydrogen-bond acceptors (Lipinski definition) is 4. The van der Waals surface area contributed by atoms with E-state index in [1.807, 2.05) is 18.2 Å². The predicted molar refractivity (Wildman–Crippen MR) is 119 cm³/mol. The van der Waals surface area contributed by atoms with Crippen LogP contribution in [0.25, 0.3) is 10.9 Å². The van der Waals surface area contributed by atoms with Gasteiger partial charge < -0.3 is 19.8 Å². The van der Waals surface area contributed by atoms with Crippen LogP contribution in [-0.2, 0) is 13.0 Å². The third kappa shape index (κ3) is 5.98. The molecule has 0 saturated carbocycles. The second kappa shape index (κ2) is 9.74. The molecule has 1 aliphatic rings. The number of amides is 1. The Morgan fingerprint density at radius 2 is 1.91 bits per heavy atom. The number of methoxy groups -OCH3 is 1. The van der Waals surface area contributed by atoms with Gasteiger partial charge in [0.05, 0.1) is 7.11 Å². The van der Waals surface area contributed by atoms with Gasteiger partial charge in [-0.15, -0.1) is 13.2 Å². The van der Waals surface area contributed by atoms with E-state index in [2.05, 4.69) is 19.9 Å². The molecule has 1 amide bonds. The fourth-order valence-corrected chi connectivity index (χ4v) is 4.10. The number of aromatic nitrogens is 1. The average Bonchev–Trinajstić information content (AvgIpc) is 3.21. The van der Waals surface area contributed by atoms with Gasteiger partial charge in [0, 0.05) is 30.5 Å². The van der Waals surface area contributed by atoms with Crippen LogP contribution in [-0.4, -0.2) is 48.9 Å². The molecular formula is C24H26F3N3O3. The van der Waals surface area contributed by atoms with Crippen molar-refractivity contribution in [3.63, 3.8) is 0 Å². The van der Waals surface area contributed by atoms with Crippen LogP contribution in [0.15, 0.2) is 42.5 Å². The standard InChI is InChI=1S/C24H26F3N3O3/c1-32-19-6-7-21-17(12-19)14-22(29-21)23(31)28-9-2-3-10-30-11-8-16-4-5-20(13-18(16)15-30)33-24(25,26)27/h4-7,12-14,29H,2-3,8-11,15H2,1H3,(H,28,31). The number of nitrogens with zero attached hydrogens (tertiary/aromatic N) is 1. The zero-order valence-corrected chi connectivity index (χ0v) is 18.3. The van der Waals surface area contributed by atoms with Crippen LogP contribution in [0.1, 0.15) is 34.5 Å². The summed E-state index contributed by atoms with van der Waals surface area (Å²) in [5.41, 5.74) is 3.30. The zero-order chi connectivity index (χ0) is 23.4. The lowest BCUT2D eigenvalue weighted by Gasteiger charge is -2.29. The Morgan fingerprint density at radius 1 is 1.09 bits per heavy atom. The largest absolute Gasteiger partial charge is 0.573 e. The third-order valence-electron chi connectivity index (χ3n) is 5.76. The third-order valence-corrected chi connectivity index (χ3v) is 5.76. The van der Waals surface area contributed by atoms with Crippen molar-refractivity contribution >= 4 is 16.8 Å². The molecular weight excluding hydrogens is 435 g/mol. The summed E-state index contributed by atoms with van der Waals surface area (Å²) in [7, 11) is 1.60. The molecule has 1 aromatic heterocycles. The van der Waals surface area contributed by atoms with Gasteiger partial charge in [-0.2, -0.15) is 0 Å². The van der Waals surface area contributed by atoms with E-state index in [4.69, 9.17) is 4.74 Å². The second-order valence-corrected chi connectivity index (χ2v) is 8.10. The maximum atomic E-state index is 12.5. The fourth-order valence-electron chi connectivity index (χ4n) is 4.10. The van der Waals surface area contributed by atoms with E-state index in [1.54, 1.807) is 19.2 Å². The van der Waals surface area contributed by atoms with E-state index in [0.29, 0.717) is 18.8 Å². The molecule has 0 aliphatic carbocycles. The molecule has 2 aromatic carbocycles. The normalized spacial score (nSPS) is 14.2. The van der Waals surface area contributed by atoms with Gasteiger partial charge >= 0.3 is 6.36 Å². The number of carbonyl (C=O) groups excluding carboxylic acids is 1. The van der Waals surface area contributed by atoms with Crippen molar-refractivity contribution in [3.8, 4) is 11.5 Å². The monoisotopic (exact) mass is 461 g/mol. The molecule has 6 nitrogen and oxygen atoms in total. The lowest BCUT2D eigenvalue weighted by Crippen LogP contribution is -2.32. The molecule has 4 rings (SSSR count). The minimum absolute atomic E-state index is 0.158. The number of carbonyl (C=O) groups is 1. The molecule has 0 unspecified atom stereocenters. The number of unbranched alkanes of at least 4 members (excludes halogenated alkanes) is 1. The van der Waals surface area contributed by atoms with Crippen LogP contribution in [0.3, 0.4) is 0 Å². The molecule has 0 saturated heterocycles. The molecule has 2 heterocycles. The van der Waals surface area contributed by atoms with Gasteiger partial charge in [-0.25, -0.2) is 0 Å². The number of nitrogens with one attached hydrogen (secondary N) is 2. The van der Waals surface area contributed by atoms with E-state index in [9.17, 15) is 18.0 Å². The number of alkyl halides is 3. The first kappa shape index (κ1) is 23.0. The average molecular weight is 461 g/mol. The van der Waals surface area contributed by atoms with Crippen molar-refractivity contribution in [2.75, 3.05) is 26.7 Å². The second-order valence-electron chi connectivity index (χ2n) is 8.10. The Morgan fingerprint density at radius 3 is 2.70 bits per heavy atom. The van der Waals surface area contributed by atoms with E-state index >= 15 is 0 Å². The van der Waals surface area contributed by atoms with Crippen molar-refractivity contribution < 1.29 is 27.4 Å². The first-order chi connectivity index (χ1) is 15.8. The maximum absolute atomic E-state index is 12.5. The minimum atomic E-state index is -4.69. The molecule has 0 radical (unpaired) electrons. The van der Waals surface area contributed by atoms with Crippen LogP contribution in [0, 0.1) is 0 Å². The van der Waals surface area contributed by atoms with E-state index in [1.165, 1.54) is 12.1 Å². The molecule has 33 heavy (non-hydrogen) atoms. The summed E-state index contributed by atoms with van der Waals surface area (Å²) in [5, 5.41) is 3.84. The van der Waals surface area contributed by atoms with Crippen molar-refractivity contribution in [2.24, 2.45) is 0 Å². The molecule has 0 fully saturated rings.